The first-order valence-corrected chi connectivity index (χ1v) is 20.2. The van der Waals surface area contributed by atoms with Crippen molar-refractivity contribution in [3.63, 3.8) is 0 Å². The number of anilines is 5. The van der Waals surface area contributed by atoms with Gasteiger partial charge in [-0.2, -0.15) is 0 Å². The maximum absolute atomic E-state index is 13.4. The van der Waals surface area contributed by atoms with E-state index in [0.717, 1.165) is 17.2 Å². The molecule has 0 aliphatic heterocycles. The van der Waals surface area contributed by atoms with E-state index >= 15 is 0 Å². The Morgan fingerprint density at radius 3 is 2.25 bits per heavy atom. The van der Waals surface area contributed by atoms with Crippen LogP contribution in [0.3, 0.4) is 0 Å². The zero-order valence-corrected chi connectivity index (χ0v) is 31.6. The number of carbonyl (C=O) groups excluding carboxylic acids is 1. The Morgan fingerprint density at radius 2 is 1.60 bits per heavy atom. The molecule has 4 aromatic carbocycles. The second-order valence-electron chi connectivity index (χ2n) is 13.1. The van der Waals surface area contributed by atoms with Gasteiger partial charge in [-0.1, -0.05) is 45.0 Å². The van der Waals surface area contributed by atoms with Crippen LogP contribution in [-0.2, 0) is 20.0 Å². The van der Waals surface area contributed by atoms with Gasteiger partial charge < -0.3 is 35.1 Å². The summed E-state index contributed by atoms with van der Waals surface area (Å²) in [6.07, 6.45) is 2.63. The van der Waals surface area contributed by atoms with Crippen molar-refractivity contribution in [2.24, 2.45) is 0 Å². The molecule has 0 saturated heterocycles. The highest BCUT2D eigenvalue weighted by Crippen LogP contribution is 2.41. The Balaban J connectivity index is 1.38. The maximum atomic E-state index is 13.4. The Morgan fingerprint density at radius 1 is 0.904 bits per heavy atom. The third-order valence-corrected chi connectivity index (χ3v) is 9.63. The molecule has 1 atom stereocenters. The van der Waals surface area contributed by atoms with Gasteiger partial charge in [0.2, 0.25) is 17.4 Å². The van der Waals surface area contributed by atoms with Crippen molar-refractivity contribution in [3.05, 3.63) is 90.6 Å². The van der Waals surface area contributed by atoms with Crippen molar-refractivity contribution in [2.75, 3.05) is 47.3 Å². The number of ether oxygens (including phenoxy) is 3. The van der Waals surface area contributed by atoms with Gasteiger partial charge >= 0.3 is 6.03 Å². The van der Waals surface area contributed by atoms with Gasteiger partial charge in [0.15, 0.2) is 5.75 Å². The van der Waals surface area contributed by atoms with Gasteiger partial charge in [-0.05, 0) is 60.4 Å². The lowest BCUT2D eigenvalue weighted by Crippen LogP contribution is -2.22. The van der Waals surface area contributed by atoms with Gasteiger partial charge in [0.1, 0.15) is 23.1 Å². The summed E-state index contributed by atoms with van der Waals surface area (Å²) in [6, 6.07) is 22.1. The van der Waals surface area contributed by atoms with Gasteiger partial charge in [-0.15, -0.1) is 0 Å². The van der Waals surface area contributed by atoms with Gasteiger partial charge in [-0.25, -0.2) is 18.2 Å². The van der Waals surface area contributed by atoms with Crippen molar-refractivity contribution in [2.45, 2.75) is 33.1 Å². The summed E-state index contributed by atoms with van der Waals surface area (Å²) in [5, 5.41) is 10.6. The maximum Gasteiger partial charge on any atom is 0.323 e. The van der Waals surface area contributed by atoms with Crippen LogP contribution in [0.1, 0.15) is 33.3 Å². The van der Waals surface area contributed by atoms with Crippen molar-refractivity contribution < 1.29 is 36.9 Å². The SMILES string of the molecule is CCOc1cc(Nc2cc(Oc3ccc(NC(=O)Nc4cc(C(C)(C)C)cc(NS(C)(=O)=O)c4OC)c4ccccc34)ccn2)ccc1P(C)(=O)O. The van der Waals surface area contributed by atoms with Crippen molar-refractivity contribution >= 4 is 68.1 Å². The molecule has 274 valence electrons. The normalized spacial score (nSPS) is 12.8. The quantitative estimate of drug-likeness (QED) is 0.0786. The van der Waals surface area contributed by atoms with E-state index in [1.54, 1.807) is 67.7 Å². The highest BCUT2D eigenvalue weighted by molar-refractivity contribution is 7.92. The Bertz CT molecular complexity index is 2290. The van der Waals surface area contributed by atoms with Crippen LogP contribution < -0.4 is 40.2 Å². The lowest BCUT2D eigenvalue weighted by atomic mass is 9.86. The van der Waals surface area contributed by atoms with Crippen molar-refractivity contribution in [1.82, 2.24) is 4.98 Å². The largest absolute Gasteiger partial charge is 0.493 e. The fourth-order valence-electron chi connectivity index (χ4n) is 5.42. The molecule has 5 N–H and O–H groups in total. The second kappa shape index (κ2) is 15.1. The topological polar surface area (TPSA) is 177 Å². The van der Waals surface area contributed by atoms with Crippen LogP contribution in [0.25, 0.3) is 10.8 Å². The predicted octanol–water partition coefficient (Wildman–Crippen LogP) is 8.02. The Labute approximate surface area is 303 Å². The molecule has 1 unspecified atom stereocenters. The molecule has 52 heavy (non-hydrogen) atoms. The standard InChI is InChI=1S/C37H42N5O8PS/c1-8-49-32-21-24(13-16-33(32)51(6,44)45)39-34-22-25(17-18-38-34)50-31-15-14-28(26-11-9-10-12-27(26)31)40-36(43)41-29-19-23(37(2,3)4)20-30(35(29)48-5)42-52(7,46)47/h9-22,42H,8H2,1-7H3,(H,38,39)(H,44,45)(H2,40,41,43). The summed E-state index contributed by atoms with van der Waals surface area (Å²) in [6.45, 7) is 9.33. The minimum atomic E-state index is -3.64. The molecule has 0 bridgehead atoms. The zero-order chi connectivity index (χ0) is 37.8. The second-order valence-corrected chi connectivity index (χ2v) is 17.1. The predicted molar refractivity (Wildman–Crippen MR) is 207 cm³/mol. The number of nitrogens with zero attached hydrogens (tertiary/aromatic N) is 1. The first-order valence-electron chi connectivity index (χ1n) is 16.2. The monoisotopic (exact) mass is 747 g/mol. The summed E-state index contributed by atoms with van der Waals surface area (Å²) < 4.78 is 56.5. The molecule has 1 aromatic heterocycles. The molecule has 5 aromatic rings. The van der Waals surface area contributed by atoms with Gasteiger partial charge in [0.05, 0.1) is 42.3 Å². The molecule has 1 heterocycles. The number of amides is 2. The number of urea groups is 1. The van der Waals surface area contributed by atoms with Crippen LogP contribution in [-0.4, -0.2) is 51.0 Å². The van der Waals surface area contributed by atoms with Crippen molar-refractivity contribution in [3.8, 4) is 23.0 Å². The molecule has 0 fully saturated rings. The molecule has 13 nitrogen and oxygen atoms in total. The van der Waals surface area contributed by atoms with Crippen LogP contribution in [0, 0.1) is 0 Å². The number of benzene rings is 4. The van der Waals surface area contributed by atoms with Gasteiger partial charge in [0.25, 0.3) is 0 Å². The molecule has 2 amide bonds. The number of carbonyl (C=O) groups is 1. The summed E-state index contributed by atoms with van der Waals surface area (Å²) in [5.41, 5.74) is 2.01. The van der Waals surface area contributed by atoms with E-state index in [9.17, 15) is 22.7 Å². The van der Waals surface area contributed by atoms with E-state index in [1.165, 1.54) is 13.8 Å². The summed E-state index contributed by atoms with van der Waals surface area (Å²) in [5.74, 6) is 1.96. The fraction of sp³-hybridized carbons (Fsp3) is 0.243. The van der Waals surface area contributed by atoms with Crippen LogP contribution in [0.4, 0.5) is 33.4 Å². The fourth-order valence-corrected chi connectivity index (χ4v) is 6.86. The zero-order valence-electron chi connectivity index (χ0n) is 29.9. The number of methoxy groups -OCH3 is 1. The Kier molecular flexibility index (Phi) is 11.0. The van der Waals surface area contributed by atoms with Crippen molar-refractivity contribution in [1.29, 1.82) is 0 Å². The molecule has 0 aliphatic carbocycles. The number of hydrogen-bond donors (Lipinski definition) is 5. The van der Waals surface area contributed by atoms with E-state index in [4.69, 9.17) is 14.2 Å². The molecular weight excluding hydrogens is 705 g/mol. The van der Waals surface area contributed by atoms with Gasteiger partial charge in [0, 0.05) is 41.5 Å². The average Bonchev–Trinajstić information content (AvgIpc) is 3.04. The molecule has 15 heteroatoms. The molecule has 0 aliphatic rings. The smallest absolute Gasteiger partial charge is 0.323 e. The number of nitrogens with one attached hydrogen (secondary N) is 4. The number of rotatable bonds is 12. The Hall–Kier alpha value is -5.30. The highest BCUT2D eigenvalue weighted by Gasteiger charge is 2.23. The molecule has 0 radical (unpaired) electrons. The first-order chi connectivity index (χ1) is 24.4. The first kappa shape index (κ1) is 37.9. The van der Waals surface area contributed by atoms with Crippen LogP contribution >= 0.6 is 7.37 Å². The number of aromatic nitrogens is 1. The third kappa shape index (κ3) is 9.32. The van der Waals surface area contributed by atoms with E-state index in [0.29, 0.717) is 46.4 Å². The van der Waals surface area contributed by atoms with E-state index in [-0.39, 0.29) is 27.8 Å². The third-order valence-electron chi connectivity index (χ3n) is 7.77. The summed E-state index contributed by atoms with van der Waals surface area (Å²) in [7, 11) is -5.79. The van der Waals surface area contributed by atoms with E-state index in [1.807, 2.05) is 45.0 Å². The van der Waals surface area contributed by atoms with Crippen LogP contribution in [0.15, 0.2) is 85.1 Å². The number of hydrogen-bond acceptors (Lipinski definition) is 9. The van der Waals surface area contributed by atoms with Gasteiger partial charge in [-0.3, -0.25) is 9.29 Å². The minimum Gasteiger partial charge on any atom is -0.493 e. The van der Waals surface area contributed by atoms with Crippen LogP contribution in [0.2, 0.25) is 0 Å². The summed E-state index contributed by atoms with van der Waals surface area (Å²) in [4.78, 5) is 28.0. The number of fused-ring (bicyclic) bond motifs is 1. The lowest BCUT2D eigenvalue weighted by molar-refractivity contribution is 0.262. The molecule has 0 saturated carbocycles. The van der Waals surface area contributed by atoms with E-state index < -0.39 is 23.4 Å². The van der Waals surface area contributed by atoms with Crippen LogP contribution in [0.5, 0.6) is 23.0 Å². The molecule has 0 spiro atoms. The lowest BCUT2D eigenvalue weighted by Gasteiger charge is -2.24. The summed E-state index contributed by atoms with van der Waals surface area (Å²) >= 11 is 0. The number of sulfonamides is 1. The molecular formula is C37H42N5O8PS. The highest BCUT2D eigenvalue weighted by atomic mass is 32.2. The number of pyridine rings is 1. The minimum absolute atomic E-state index is 0.164. The van der Waals surface area contributed by atoms with E-state index in [2.05, 4.69) is 25.7 Å². The average molecular weight is 748 g/mol. The molecule has 5 rings (SSSR count).